The number of anilines is 1. The van der Waals surface area contributed by atoms with Gasteiger partial charge >= 0.3 is 0 Å². The molecule has 0 aromatic heterocycles. The second-order valence-electron chi connectivity index (χ2n) is 4.51. The van der Waals surface area contributed by atoms with E-state index >= 15 is 0 Å². The Kier molecular flexibility index (Phi) is 4.21. The van der Waals surface area contributed by atoms with E-state index in [9.17, 15) is 8.42 Å². The second-order valence-corrected chi connectivity index (χ2v) is 6.08. The number of primary sulfonamides is 1. The van der Waals surface area contributed by atoms with Gasteiger partial charge in [-0.05, 0) is 43.0 Å². The predicted molar refractivity (Wildman–Crippen MR) is 69.8 cm³/mol. The van der Waals surface area contributed by atoms with Gasteiger partial charge in [0.1, 0.15) is 0 Å². The lowest BCUT2D eigenvalue weighted by atomic mass is 10.1. The van der Waals surface area contributed by atoms with Crippen LogP contribution in [-0.2, 0) is 14.8 Å². The molecule has 1 fully saturated rings. The molecule has 1 atom stereocenters. The van der Waals surface area contributed by atoms with Crippen molar-refractivity contribution < 1.29 is 13.2 Å². The molecule has 1 aromatic rings. The summed E-state index contributed by atoms with van der Waals surface area (Å²) in [6, 6.07) is 6.47. The zero-order valence-corrected chi connectivity index (χ0v) is 10.9. The van der Waals surface area contributed by atoms with E-state index in [1.54, 1.807) is 12.1 Å². The van der Waals surface area contributed by atoms with Crippen LogP contribution in [-0.4, -0.2) is 28.2 Å². The number of nitrogens with two attached hydrogens (primary N) is 1. The first-order valence-corrected chi connectivity index (χ1v) is 7.55. The average Bonchev–Trinajstić information content (AvgIpc) is 2.82. The molecule has 0 spiro atoms. The van der Waals surface area contributed by atoms with Crippen LogP contribution < -0.4 is 10.5 Å². The van der Waals surface area contributed by atoms with Crippen LogP contribution in [0.5, 0.6) is 0 Å². The largest absolute Gasteiger partial charge is 0.385 e. The molecule has 0 saturated carbocycles. The van der Waals surface area contributed by atoms with Crippen molar-refractivity contribution in [2.75, 3.05) is 25.1 Å². The van der Waals surface area contributed by atoms with E-state index in [1.165, 1.54) is 12.1 Å². The minimum atomic E-state index is -3.60. The van der Waals surface area contributed by atoms with Gasteiger partial charge in [0.15, 0.2) is 0 Å². The molecule has 1 aliphatic rings. The molecular formula is C12H18N2O3S. The highest BCUT2D eigenvalue weighted by atomic mass is 32.2. The molecule has 3 N–H and O–H groups in total. The van der Waals surface area contributed by atoms with E-state index in [1.807, 2.05) is 0 Å². The molecule has 18 heavy (non-hydrogen) atoms. The number of sulfonamides is 1. The Morgan fingerprint density at radius 3 is 2.61 bits per heavy atom. The van der Waals surface area contributed by atoms with Crippen LogP contribution in [0.15, 0.2) is 29.2 Å². The minimum absolute atomic E-state index is 0.136. The first-order valence-electron chi connectivity index (χ1n) is 6.00. The lowest BCUT2D eigenvalue weighted by molar-refractivity contribution is 0.185. The molecule has 1 unspecified atom stereocenters. The van der Waals surface area contributed by atoms with Gasteiger partial charge in [-0.1, -0.05) is 0 Å². The third-order valence-corrected chi connectivity index (χ3v) is 4.02. The van der Waals surface area contributed by atoms with Gasteiger partial charge in [-0.25, -0.2) is 13.6 Å². The lowest BCUT2D eigenvalue weighted by Gasteiger charge is -2.10. The topological polar surface area (TPSA) is 81.4 Å². The summed E-state index contributed by atoms with van der Waals surface area (Å²) in [6.07, 6.45) is 2.20. The van der Waals surface area contributed by atoms with E-state index in [-0.39, 0.29) is 4.90 Å². The number of nitrogens with one attached hydrogen (secondary N) is 1. The summed E-state index contributed by atoms with van der Waals surface area (Å²) in [6.45, 7) is 2.59. The molecule has 0 bridgehead atoms. The van der Waals surface area contributed by atoms with Crippen molar-refractivity contribution in [3.05, 3.63) is 24.3 Å². The van der Waals surface area contributed by atoms with Crippen molar-refractivity contribution in [2.45, 2.75) is 17.7 Å². The maximum atomic E-state index is 11.1. The number of ether oxygens (including phenoxy) is 1. The fourth-order valence-electron chi connectivity index (χ4n) is 1.99. The Bertz CT molecular complexity index is 479. The molecule has 1 saturated heterocycles. The zero-order chi connectivity index (χ0) is 13.0. The summed E-state index contributed by atoms with van der Waals surface area (Å²) in [5, 5.41) is 8.29. The van der Waals surface area contributed by atoms with Crippen molar-refractivity contribution >= 4 is 15.7 Å². The van der Waals surface area contributed by atoms with Crippen molar-refractivity contribution in [1.82, 2.24) is 0 Å². The summed E-state index contributed by atoms with van der Waals surface area (Å²) in [5.74, 6) is 0.640. The van der Waals surface area contributed by atoms with Crippen LogP contribution >= 0.6 is 0 Å². The average molecular weight is 270 g/mol. The normalized spacial score (nSPS) is 19.9. The van der Waals surface area contributed by atoms with Crippen LogP contribution in [0.3, 0.4) is 0 Å². The summed E-state index contributed by atoms with van der Waals surface area (Å²) in [4.78, 5) is 0.136. The van der Waals surface area contributed by atoms with Crippen LogP contribution in [0.25, 0.3) is 0 Å². The molecule has 5 nitrogen and oxygen atoms in total. The number of benzene rings is 1. The maximum Gasteiger partial charge on any atom is 0.238 e. The van der Waals surface area contributed by atoms with Gasteiger partial charge in [-0.2, -0.15) is 0 Å². The van der Waals surface area contributed by atoms with Crippen LogP contribution in [0.1, 0.15) is 12.8 Å². The van der Waals surface area contributed by atoms with Crippen LogP contribution in [0.2, 0.25) is 0 Å². The van der Waals surface area contributed by atoms with Gasteiger partial charge in [-0.15, -0.1) is 0 Å². The third-order valence-electron chi connectivity index (χ3n) is 3.09. The predicted octanol–water partition coefficient (Wildman–Crippen LogP) is 1.17. The monoisotopic (exact) mass is 270 g/mol. The molecular weight excluding hydrogens is 252 g/mol. The summed E-state index contributed by atoms with van der Waals surface area (Å²) in [5.41, 5.74) is 0.904. The number of hydrogen-bond acceptors (Lipinski definition) is 4. The molecule has 0 radical (unpaired) electrons. The van der Waals surface area contributed by atoms with Crippen molar-refractivity contribution in [3.63, 3.8) is 0 Å². The SMILES string of the molecule is NS(=O)(=O)c1ccc(NCCC2CCOC2)cc1. The van der Waals surface area contributed by atoms with Gasteiger partial charge in [0.05, 0.1) is 4.90 Å². The Balaban J connectivity index is 1.83. The quantitative estimate of drug-likeness (QED) is 0.841. The van der Waals surface area contributed by atoms with Gasteiger partial charge in [0.2, 0.25) is 10.0 Å². The smallest absolute Gasteiger partial charge is 0.238 e. The Morgan fingerprint density at radius 1 is 1.33 bits per heavy atom. The van der Waals surface area contributed by atoms with Gasteiger partial charge < -0.3 is 10.1 Å². The Hall–Kier alpha value is -1.11. The standard InChI is InChI=1S/C12H18N2O3S/c13-18(15,16)12-3-1-11(2-4-12)14-7-5-10-6-8-17-9-10/h1-4,10,14H,5-9H2,(H2,13,15,16). The maximum absolute atomic E-state index is 11.1. The van der Waals surface area contributed by atoms with Crippen LogP contribution in [0, 0.1) is 5.92 Å². The molecule has 1 heterocycles. The van der Waals surface area contributed by atoms with Gasteiger partial charge in [0.25, 0.3) is 0 Å². The molecule has 0 aliphatic carbocycles. The summed E-state index contributed by atoms with van der Waals surface area (Å²) in [7, 11) is -3.60. The molecule has 1 aromatic carbocycles. The third kappa shape index (κ3) is 3.69. The van der Waals surface area contributed by atoms with Crippen molar-refractivity contribution in [3.8, 4) is 0 Å². The van der Waals surface area contributed by atoms with Gasteiger partial charge in [-0.3, -0.25) is 0 Å². The summed E-state index contributed by atoms with van der Waals surface area (Å²) < 4.78 is 27.5. The zero-order valence-electron chi connectivity index (χ0n) is 10.1. The molecule has 1 aliphatic heterocycles. The first-order chi connectivity index (χ1) is 8.55. The number of hydrogen-bond donors (Lipinski definition) is 2. The fraction of sp³-hybridized carbons (Fsp3) is 0.500. The molecule has 6 heteroatoms. The molecule has 2 rings (SSSR count). The highest BCUT2D eigenvalue weighted by molar-refractivity contribution is 7.89. The Morgan fingerprint density at radius 2 is 2.06 bits per heavy atom. The van der Waals surface area contributed by atoms with E-state index in [0.717, 1.165) is 38.3 Å². The highest BCUT2D eigenvalue weighted by Crippen LogP contribution is 2.17. The Labute approximate surface area is 107 Å². The van der Waals surface area contributed by atoms with Crippen molar-refractivity contribution in [1.29, 1.82) is 0 Å². The second kappa shape index (κ2) is 5.69. The van der Waals surface area contributed by atoms with E-state index in [0.29, 0.717) is 5.92 Å². The van der Waals surface area contributed by atoms with E-state index in [4.69, 9.17) is 9.88 Å². The van der Waals surface area contributed by atoms with E-state index < -0.39 is 10.0 Å². The lowest BCUT2D eigenvalue weighted by Crippen LogP contribution is -2.12. The van der Waals surface area contributed by atoms with E-state index in [2.05, 4.69) is 5.32 Å². The number of rotatable bonds is 5. The molecule has 0 amide bonds. The van der Waals surface area contributed by atoms with Crippen LogP contribution in [0.4, 0.5) is 5.69 Å². The molecule has 100 valence electrons. The van der Waals surface area contributed by atoms with Crippen molar-refractivity contribution in [2.24, 2.45) is 11.1 Å². The summed E-state index contributed by atoms with van der Waals surface area (Å²) >= 11 is 0. The highest BCUT2D eigenvalue weighted by Gasteiger charge is 2.14. The van der Waals surface area contributed by atoms with Gasteiger partial charge in [0, 0.05) is 25.4 Å². The fourth-order valence-corrected chi connectivity index (χ4v) is 2.51. The first kappa shape index (κ1) is 13.3. The minimum Gasteiger partial charge on any atom is -0.385 e.